The van der Waals surface area contributed by atoms with Crippen LogP contribution in [0.4, 0.5) is 18.9 Å². The SMILES string of the molecule is NC(=NCCOc1ccccc1)Nc1ccc(OC(F)(F)F)cc1. The Bertz CT molecular complexity index is 659. The first-order valence-electron chi connectivity index (χ1n) is 7.03. The second-order valence-electron chi connectivity index (χ2n) is 4.63. The Morgan fingerprint density at radius 3 is 2.29 bits per heavy atom. The van der Waals surface area contributed by atoms with Crippen LogP contribution in [0.15, 0.2) is 59.6 Å². The first-order valence-corrected chi connectivity index (χ1v) is 7.03. The molecule has 0 fully saturated rings. The van der Waals surface area contributed by atoms with Gasteiger partial charge in [0.1, 0.15) is 18.1 Å². The lowest BCUT2D eigenvalue weighted by molar-refractivity contribution is -0.274. The van der Waals surface area contributed by atoms with Crippen molar-refractivity contribution in [2.75, 3.05) is 18.5 Å². The molecule has 0 heterocycles. The summed E-state index contributed by atoms with van der Waals surface area (Å²) in [5, 5.41) is 2.77. The molecule has 0 unspecified atom stereocenters. The van der Waals surface area contributed by atoms with E-state index in [2.05, 4.69) is 15.0 Å². The summed E-state index contributed by atoms with van der Waals surface area (Å²) in [5.74, 6) is 0.565. The van der Waals surface area contributed by atoms with Gasteiger partial charge in [-0.2, -0.15) is 0 Å². The third-order valence-electron chi connectivity index (χ3n) is 2.75. The van der Waals surface area contributed by atoms with Crippen LogP contribution in [0.1, 0.15) is 0 Å². The number of hydrogen-bond donors (Lipinski definition) is 2. The number of anilines is 1. The lowest BCUT2D eigenvalue weighted by atomic mass is 10.3. The van der Waals surface area contributed by atoms with Crippen LogP contribution in [0.5, 0.6) is 11.5 Å². The highest BCUT2D eigenvalue weighted by Crippen LogP contribution is 2.23. The summed E-state index contributed by atoms with van der Waals surface area (Å²) in [6.07, 6.45) is -4.71. The Morgan fingerprint density at radius 2 is 1.67 bits per heavy atom. The van der Waals surface area contributed by atoms with Crippen LogP contribution >= 0.6 is 0 Å². The van der Waals surface area contributed by atoms with Crippen molar-refractivity contribution >= 4 is 11.6 Å². The van der Waals surface area contributed by atoms with Crippen molar-refractivity contribution < 1.29 is 22.6 Å². The summed E-state index contributed by atoms with van der Waals surface area (Å²) in [4.78, 5) is 4.06. The molecule has 3 N–H and O–H groups in total. The number of nitrogens with zero attached hydrogens (tertiary/aromatic N) is 1. The van der Waals surface area contributed by atoms with Gasteiger partial charge in [0, 0.05) is 5.69 Å². The number of aliphatic imine (C=N–C) groups is 1. The predicted molar refractivity (Wildman–Crippen MR) is 85.2 cm³/mol. The zero-order valence-corrected chi connectivity index (χ0v) is 12.6. The quantitative estimate of drug-likeness (QED) is 0.481. The van der Waals surface area contributed by atoms with Crippen LogP contribution in [-0.4, -0.2) is 25.5 Å². The maximum absolute atomic E-state index is 12.1. The summed E-state index contributed by atoms with van der Waals surface area (Å²) in [6.45, 7) is 0.688. The molecule has 0 aliphatic rings. The van der Waals surface area contributed by atoms with Gasteiger partial charge in [-0.1, -0.05) is 18.2 Å². The summed E-state index contributed by atoms with van der Waals surface area (Å²) < 4.78 is 45.4. The molecule has 0 aromatic heterocycles. The molecule has 2 rings (SSSR count). The van der Waals surface area contributed by atoms with E-state index in [0.717, 1.165) is 5.75 Å². The maximum Gasteiger partial charge on any atom is 0.573 e. The number of nitrogens with two attached hydrogens (primary N) is 1. The number of ether oxygens (including phenoxy) is 2. The molecule has 0 spiro atoms. The molecule has 0 amide bonds. The molecule has 0 saturated heterocycles. The average Bonchev–Trinajstić information content (AvgIpc) is 2.53. The Hall–Kier alpha value is -2.90. The Balaban J connectivity index is 1.77. The second kappa shape index (κ2) is 8.09. The zero-order chi connectivity index (χ0) is 17.4. The van der Waals surface area contributed by atoms with Gasteiger partial charge in [0.05, 0.1) is 6.54 Å². The third-order valence-corrected chi connectivity index (χ3v) is 2.75. The number of alkyl halides is 3. The van der Waals surface area contributed by atoms with Crippen LogP contribution in [0, 0.1) is 0 Å². The van der Waals surface area contributed by atoms with Gasteiger partial charge >= 0.3 is 6.36 Å². The maximum atomic E-state index is 12.1. The van der Waals surface area contributed by atoms with Crippen LogP contribution < -0.4 is 20.5 Å². The Kier molecular flexibility index (Phi) is 5.89. The second-order valence-corrected chi connectivity index (χ2v) is 4.63. The summed E-state index contributed by atoms with van der Waals surface area (Å²) in [5.41, 5.74) is 6.19. The van der Waals surface area contributed by atoms with E-state index in [9.17, 15) is 13.2 Å². The van der Waals surface area contributed by atoms with Crippen molar-refractivity contribution in [2.24, 2.45) is 10.7 Å². The molecule has 24 heavy (non-hydrogen) atoms. The monoisotopic (exact) mass is 339 g/mol. The van der Waals surface area contributed by atoms with Gasteiger partial charge in [-0.05, 0) is 36.4 Å². The number of para-hydroxylation sites is 1. The van der Waals surface area contributed by atoms with Crippen molar-refractivity contribution in [3.63, 3.8) is 0 Å². The van der Waals surface area contributed by atoms with Crippen LogP contribution in [-0.2, 0) is 0 Å². The molecule has 2 aromatic rings. The molecule has 2 aromatic carbocycles. The molecule has 0 aliphatic heterocycles. The van der Waals surface area contributed by atoms with E-state index >= 15 is 0 Å². The van der Waals surface area contributed by atoms with Gasteiger partial charge in [-0.25, -0.2) is 4.99 Å². The smallest absolute Gasteiger partial charge is 0.492 e. The van der Waals surface area contributed by atoms with Gasteiger partial charge in [-0.3, -0.25) is 0 Å². The molecule has 0 aliphatic carbocycles. The zero-order valence-electron chi connectivity index (χ0n) is 12.6. The van der Waals surface area contributed by atoms with Gasteiger partial charge in [-0.15, -0.1) is 13.2 Å². The van der Waals surface area contributed by atoms with Crippen molar-refractivity contribution in [2.45, 2.75) is 6.36 Å². The van der Waals surface area contributed by atoms with E-state index in [4.69, 9.17) is 10.5 Å². The minimum atomic E-state index is -4.71. The first-order chi connectivity index (χ1) is 11.4. The largest absolute Gasteiger partial charge is 0.573 e. The fourth-order valence-electron chi connectivity index (χ4n) is 1.77. The van der Waals surface area contributed by atoms with E-state index in [1.807, 2.05) is 30.3 Å². The number of nitrogens with one attached hydrogen (secondary N) is 1. The summed E-state index contributed by atoms with van der Waals surface area (Å²) in [7, 11) is 0. The molecule has 128 valence electrons. The van der Waals surface area contributed by atoms with Gasteiger partial charge < -0.3 is 20.5 Å². The minimum absolute atomic E-state index is 0.135. The van der Waals surface area contributed by atoms with Crippen molar-refractivity contribution in [3.05, 3.63) is 54.6 Å². The van der Waals surface area contributed by atoms with Crippen LogP contribution in [0.3, 0.4) is 0 Å². The Labute approximate surface area is 136 Å². The fourth-order valence-corrected chi connectivity index (χ4v) is 1.77. The standard InChI is InChI=1S/C16H16F3N3O2/c17-16(18,19)24-14-8-6-12(7-9-14)22-15(20)21-10-11-23-13-4-2-1-3-5-13/h1-9H,10-11H2,(H3,20,21,22). The lowest BCUT2D eigenvalue weighted by Gasteiger charge is -2.10. The molecule has 0 atom stereocenters. The topological polar surface area (TPSA) is 68.9 Å². The first kappa shape index (κ1) is 17.5. The predicted octanol–water partition coefficient (Wildman–Crippen LogP) is 3.39. The lowest BCUT2D eigenvalue weighted by Crippen LogP contribution is -2.23. The number of benzene rings is 2. The van der Waals surface area contributed by atoms with Gasteiger partial charge in [0.25, 0.3) is 0 Å². The van der Waals surface area contributed by atoms with Crippen molar-refractivity contribution in [1.29, 1.82) is 0 Å². The van der Waals surface area contributed by atoms with E-state index in [0.29, 0.717) is 18.8 Å². The summed E-state index contributed by atoms with van der Waals surface area (Å²) >= 11 is 0. The highest BCUT2D eigenvalue weighted by atomic mass is 19.4. The molecule has 0 saturated carbocycles. The number of hydrogen-bond acceptors (Lipinski definition) is 3. The van der Waals surface area contributed by atoms with Gasteiger partial charge in [0.2, 0.25) is 0 Å². The van der Waals surface area contributed by atoms with E-state index < -0.39 is 6.36 Å². The molecular formula is C16H16F3N3O2. The van der Waals surface area contributed by atoms with Gasteiger partial charge in [0.15, 0.2) is 5.96 Å². The fraction of sp³-hybridized carbons (Fsp3) is 0.188. The normalized spacial score (nSPS) is 11.9. The Morgan fingerprint density at radius 1 is 1.00 bits per heavy atom. The number of halogens is 3. The average molecular weight is 339 g/mol. The van der Waals surface area contributed by atoms with E-state index in [1.54, 1.807) is 0 Å². The van der Waals surface area contributed by atoms with Crippen molar-refractivity contribution in [1.82, 2.24) is 0 Å². The highest BCUT2D eigenvalue weighted by Gasteiger charge is 2.30. The van der Waals surface area contributed by atoms with E-state index in [-0.39, 0.29) is 11.7 Å². The molecule has 0 radical (unpaired) electrons. The molecule has 8 heteroatoms. The van der Waals surface area contributed by atoms with Crippen molar-refractivity contribution in [3.8, 4) is 11.5 Å². The van der Waals surface area contributed by atoms with Crippen LogP contribution in [0.25, 0.3) is 0 Å². The number of rotatable bonds is 6. The minimum Gasteiger partial charge on any atom is -0.492 e. The van der Waals surface area contributed by atoms with Crippen LogP contribution in [0.2, 0.25) is 0 Å². The number of guanidine groups is 1. The third kappa shape index (κ3) is 6.47. The molecular weight excluding hydrogens is 323 g/mol. The molecule has 5 nitrogen and oxygen atoms in total. The highest BCUT2D eigenvalue weighted by molar-refractivity contribution is 5.92. The molecule has 0 bridgehead atoms. The summed E-state index contributed by atoms with van der Waals surface area (Å²) in [6, 6.07) is 14.4. The van der Waals surface area contributed by atoms with E-state index in [1.165, 1.54) is 24.3 Å².